The summed E-state index contributed by atoms with van der Waals surface area (Å²) >= 11 is 0. The highest BCUT2D eigenvalue weighted by atomic mass is 16.5. The SMILES string of the molecule is COc1ccc(C(O)C2CCCN2)c(C)c1C. The van der Waals surface area contributed by atoms with E-state index in [0.717, 1.165) is 41.8 Å². The summed E-state index contributed by atoms with van der Waals surface area (Å²) in [6.07, 6.45) is 1.78. The molecule has 1 heterocycles. The third-order valence-corrected chi connectivity index (χ3v) is 3.80. The topological polar surface area (TPSA) is 41.5 Å². The number of hydrogen-bond acceptors (Lipinski definition) is 3. The molecule has 3 nitrogen and oxygen atoms in total. The highest BCUT2D eigenvalue weighted by molar-refractivity contribution is 5.44. The van der Waals surface area contributed by atoms with Gasteiger partial charge in [-0.15, -0.1) is 0 Å². The number of hydrogen-bond donors (Lipinski definition) is 2. The van der Waals surface area contributed by atoms with E-state index in [2.05, 4.69) is 5.32 Å². The Kier molecular flexibility index (Phi) is 3.69. The van der Waals surface area contributed by atoms with E-state index in [1.54, 1.807) is 7.11 Å². The minimum absolute atomic E-state index is 0.196. The van der Waals surface area contributed by atoms with Gasteiger partial charge < -0.3 is 15.2 Å². The third-order valence-electron chi connectivity index (χ3n) is 3.80. The molecule has 1 aromatic rings. The van der Waals surface area contributed by atoms with Crippen molar-refractivity contribution >= 4 is 0 Å². The second-order valence-electron chi connectivity index (χ2n) is 4.75. The maximum absolute atomic E-state index is 10.4. The van der Waals surface area contributed by atoms with E-state index in [0.29, 0.717) is 0 Å². The van der Waals surface area contributed by atoms with E-state index in [9.17, 15) is 5.11 Å². The average Bonchev–Trinajstić information content (AvgIpc) is 2.85. The molecule has 2 N–H and O–H groups in total. The Morgan fingerprint density at radius 3 is 2.71 bits per heavy atom. The number of nitrogens with one attached hydrogen (secondary N) is 1. The Bertz CT molecular complexity index is 397. The number of aliphatic hydroxyl groups excluding tert-OH is 1. The number of methoxy groups -OCH3 is 1. The van der Waals surface area contributed by atoms with Crippen molar-refractivity contribution in [2.75, 3.05) is 13.7 Å². The van der Waals surface area contributed by atoms with Crippen molar-refractivity contribution in [1.29, 1.82) is 0 Å². The molecule has 0 amide bonds. The molecule has 94 valence electrons. The van der Waals surface area contributed by atoms with E-state index in [-0.39, 0.29) is 6.04 Å². The van der Waals surface area contributed by atoms with Crippen molar-refractivity contribution in [2.45, 2.75) is 38.8 Å². The zero-order valence-electron chi connectivity index (χ0n) is 10.8. The lowest BCUT2D eigenvalue weighted by Crippen LogP contribution is -2.29. The van der Waals surface area contributed by atoms with E-state index in [1.165, 1.54) is 0 Å². The second-order valence-corrected chi connectivity index (χ2v) is 4.75. The maximum Gasteiger partial charge on any atom is 0.122 e. The van der Waals surface area contributed by atoms with Crippen LogP contribution in [0.15, 0.2) is 12.1 Å². The Morgan fingerprint density at radius 1 is 1.35 bits per heavy atom. The van der Waals surface area contributed by atoms with Crippen LogP contribution >= 0.6 is 0 Å². The van der Waals surface area contributed by atoms with Gasteiger partial charge in [-0.05, 0) is 56.0 Å². The van der Waals surface area contributed by atoms with Crippen molar-refractivity contribution in [3.63, 3.8) is 0 Å². The van der Waals surface area contributed by atoms with Crippen LogP contribution in [0.4, 0.5) is 0 Å². The Hall–Kier alpha value is -1.06. The zero-order valence-corrected chi connectivity index (χ0v) is 10.8. The van der Waals surface area contributed by atoms with Gasteiger partial charge in [0.15, 0.2) is 0 Å². The van der Waals surface area contributed by atoms with E-state index in [4.69, 9.17) is 4.74 Å². The molecule has 2 atom stereocenters. The lowest BCUT2D eigenvalue weighted by atomic mass is 9.94. The lowest BCUT2D eigenvalue weighted by molar-refractivity contribution is 0.136. The zero-order chi connectivity index (χ0) is 12.4. The van der Waals surface area contributed by atoms with Crippen molar-refractivity contribution in [1.82, 2.24) is 5.32 Å². The van der Waals surface area contributed by atoms with E-state index in [1.807, 2.05) is 26.0 Å². The monoisotopic (exact) mass is 235 g/mol. The number of aliphatic hydroxyl groups is 1. The Balaban J connectivity index is 2.29. The summed E-state index contributed by atoms with van der Waals surface area (Å²) in [5.41, 5.74) is 3.26. The van der Waals surface area contributed by atoms with Gasteiger partial charge in [0.2, 0.25) is 0 Å². The molecule has 1 fully saturated rings. The Labute approximate surface area is 103 Å². The van der Waals surface area contributed by atoms with Crippen LogP contribution in [0.25, 0.3) is 0 Å². The van der Waals surface area contributed by atoms with Crippen LogP contribution in [0.2, 0.25) is 0 Å². The van der Waals surface area contributed by atoms with Gasteiger partial charge >= 0.3 is 0 Å². The van der Waals surface area contributed by atoms with Crippen LogP contribution in [-0.4, -0.2) is 24.8 Å². The van der Waals surface area contributed by atoms with Crippen LogP contribution in [-0.2, 0) is 0 Å². The molecule has 2 rings (SSSR count). The highest BCUT2D eigenvalue weighted by Gasteiger charge is 2.25. The Morgan fingerprint density at radius 2 is 2.12 bits per heavy atom. The second kappa shape index (κ2) is 5.07. The molecule has 0 bridgehead atoms. The normalized spacial score (nSPS) is 21.5. The predicted octanol–water partition coefficient (Wildman–Crippen LogP) is 2.10. The minimum Gasteiger partial charge on any atom is -0.496 e. The first-order valence-electron chi connectivity index (χ1n) is 6.20. The van der Waals surface area contributed by atoms with Crippen LogP contribution < -0.4 is 10.1 Å². The fourth-order valence-electron chi connectivity index (χ4n) is 2.56. The summed E-state index contributed by atoms with van der Waals surface area (Å²) in [4.78, 5) is 0. The standard InChI is InChI=1S/C14H21NO2/c1-9-10(2)13(17-3)7-6-11(9)14(16)12-5-4-8-15-12/h6-7,12,14-16H,4-5,8H2,1-3H3. The van der Waals surface area contributed by atoms with Gasteiger partial charge in [-0.25, -0.2) is 0 Å². The first kappa shape index (κ1) is 12.4. The first-order chi connectivity index (χ1) is 8.15. The molecule has 1 aliphatic heterocycles. The minimum atomic E-state index is -0.415. The molecular weight excluding hydrogens is 214 g/mol. The first-order valence-corrected chi connectivity index (χ1v) is 6.20. The van der Waals surface area contributed by atoms with Crippen molar-refractivity contribution in [2.24, 2.45) is 0 Å². The van der Waals surface area contributed by atoms with Crippen molar-refractivity contribution < 1.29 is 9.84 Å². The van der Waals surface area contributed by atoms with Gasteiger partial charge in [-0.2, -0.15) is 0 Å². The highest BCUT2D eigenvalue weighted by Crippen LogP contribution is 2.31. The summed E-state index contributed by atoms with van der Waals surface area (Å²) in [5, 5.41) is 13.7. The molecular formula is C14H21NO2. The summed E-state index contributed by atoms with van der Waals surface area (Å²) in [5.74, 6) is 0.887. The molecule has 0 aromatic heterocycles. The summed E-state index contributed by atoms with van der Waals surface area (Å²) in [6.45, 7) is 5.09. The summed E-state index contributed by atoms with van der Waals surface area (Å²) < 4.78 is 5.29. The summed E-state index contributed by atoms with van der Waals surface area (Å²) in [7, 11) is 1.68. The number of benzene rings is 1. The molecule has 2 unspecified atom stereocenters. The van der Waals surface area contributed by atoms with Crippen LogP contribution in [0.5, 0.6) is 5.75 Å². The smallest absolute Gasteiger partial charge is 0.122 e. The summed E-state index contributed by atoms with van der Waals surface area (Å²) in [6, 6.07) is 4.11. The van der Waals surface area contributed by atoms with Gasteiger partial charge in [0, 0.05) is 6.04 Å². The lowest BCUT2D eigenvalue weighted by Gasteiger charge is -2.22. The van der Waals surface area contributed by atoms with Gasteiger partial charge in [0.1, 0.15) is 5.75 Å². The maximum atomic E-state index is 10.4. The van der Waals surface area contributed by atoms with Gasteiger partial charge in [-0.3, -0.25) is 0 Å². The van der Waals surface area contributed by atoms with E-state index >= 15 is 0 Å². The molecule has 0 radical (unpaired) electrons. The predicted molar refractivity (Wildman–Crippen MR) is 68.5 cm³/mol. The fourth-order valence-corrected chi connectivity index (χ4v) is 2.56. The van der Waals surface area contributed by atoms with Gasteiger partial charge in [-0.1, -0.05) is 6.07 Å². The van der Waals surface area contributed by atoms with Crippen LogP contribution in [0.1, 0.15) is 35.6 Å². The fraction of sp³-hybridized carbons (Fsp3) is 0.571. The van der Waals surface area contributed by atoms with Crippen molar-refractivity contribution in [3.8, 4) is 5.75 Å². The van der Waals surface area contributed by atoms with E-state index < -0.39 is 6.10 Å². The quantitative estimate of drug-likeness (QED) is 0.843. The third kappa shape index (κ3) is 2.31. The largest absolute Gasteiger partial charge is 0.496 e. The molecule has 1 aliphatic rings. The number of rotatable bonds is 3. The molecule has 17 heavy (non-hydrogen) atoms. The van der Waals surface area contributed by atoms with Crippen LogP contribution in [0, 0.1) is 13.8 Å². The molecule has 0 spiro atoms. The number of ether oxygens (including phenoxy) is 1. The molecule has 0 aliphatic carbocycles. The van der Waals surface area contributed by atoms with Crippen molar-refractivity contribution in [3.05, 3.63) is 28.8 Å². The van der Waals surface area contributed by atoms with Gasteiger partial charge in [0.25, 0.3) is 0 Å². The molecule has 0 saturated carbocycles. The van der Waals surface area contributed by atoms with Gasteiger partial charge in [0.05, 0.1) is 13.2 Å². The average molecular weight is 235 g/mol. The van der Waals surface area contributed by atoms with Crippen LogP contribution in [0.3, 0.4) is 0 Å². The molecule has 1 saturated heterocycles. The molecule has 1 aromatic carbocycles. The molecule has 3 heteroatoms.